The van der Waals surface area contributed by atoms with Gasteiger partial charge in [0.05, 0.1) is 10.0 Å². The fraction of sp³-hybridized carbons (Fsp3) is 0.294. The Labute approximate surface area is 158 Å². The summed E-state index contributed by atoms with van der Waals surface area (Å²) in [4.78, 5) is 12.7. The van der Waals surface area contributed by atoms with Crippen LogP contribution in [-0.2, 0) is 11.3 Å². The monoisotopic (exact) mass is 419 g/mol. The number of benzene rings is 1. The Bertz CT molecular complexity index is 915. The molecule has 9 heteroatoms. The summed E-state index contributed by atoms with van der Waals surface area (Å²) in [5.74, 6) is 2.06. The predicted molar refractivity (Wildman–Crippen MR) is 98.4 cm³/mol. The van der Waals surface area contributed by atoms with Gasteiger partial charge in [0.2, 0.25) is 5.82 Å². The average molecular weight is 420 g/mol. The summed E-state index contributed by atoms with van der Waals surface area (Å²) >= 11 is 3.48. The molecule has 136 valence electrons. The normalized spacial score (nSPS) is 12.2. The van der Waals surface area contributed by atoms with Crippen LogP contribution < -0.4 is 10.5 Å². The molecule has 0 aliphatic heterocycles. The van der Waals surface area contributed by atoms with Gasteiger partial charge in [-0.25, -0.2) is 9.97 Å². The van der Waals surface area contributed by atoms with Crippen LogP contribution in [-0.4, -0.2) is 27.2 Å². The number of halogens is 1. The summed E-state index contributed by atoms with van der Waals surface area (Å²) in [6.45, 7) is 4.11. The maximum atomic E-state index is 5.96. The zero-order valence-corrected chi connectivity index (χ0v) is 16.1. The van der Waals surface area contributed by atoms with E-state index in [2.05, 4.69) is 36.0 Å². The van der Waals surface area contributed by atoms with Crippen LogP contribution in [0.4, 0.5) is 5.82 Å². The van der Waals surface area contributed by atoms with E-state index in [9.17, 15) is 0 Å². The molecule has 2 N–H and O–H groups in total. The molecule has 26 heavy (non-hydrogen) atoms. The van der Waals surface area contributed by atoms with Crippen LogP contribution >= 0.6 is 15.9 Å². The van der Waals surface area contributed by atoms with Crippen molar-refractivity contribution in [1.29, 1.82) is 0 Å². The van der Waals surface area contributed by atoms with Gasteiger partial charge in [-0.15, -0.1) is 0 Å². The van der Waals surface area contributed by atoms with E-state index >= 15 is 0 Å². The standard InChI is InChI=1S/C17H18BrN5O3/c1-9-4-5-13(12(18)6-9)25-10(2)17-22-16(23-26-17)11-7-20-14(8-24-3)21-15(11)19/h4-7,10H,8H2,1-3H3,(H2,19,20,21)/t10-/m1/s1. The average Bonchev–Trinajstić information content (AvgIpc) is 3.07. The van der Waals surface area contributed by atoms with Gasteiger partial charge in [0.25, 0.3) is 5.89 Å². The fourth-order valence-electron chi connectivity index (χ4n) is 2.26. The molecule has 0 aliphatic rings. The second kappa shape index (κ2) is 7.79. The van der Waals surface area contributed by atoms with E-state index in [1.807, 2.05) is 32.0 Å². The molecule has 1 atom stereocenters. The van der Waals surface area contributed by atoms with Crippen LogP contribution in [0.3, 0.4) is 0 Å². The lowest BCUT2D eigenvalue weighted by Gasteiger charge is -2.12. The van der Waals surface area contributed by atoms with Crippen LogP contribution in [0.15, 0.2) is 33.4 Å². The van der Waals surface area contributed by atoms with Gasteiger partial charge in [0.15, 0.2) is 11.9 Å². The van der Waals surface area contributed by atoms with E-state index in [1.165, 1.54) is 0 Å². The van der Waals surface area contributed by atoms with Gasteiger partial charge < -0.3 is 19.7 Å². The number of nitrogens with zero attached hydrogens (tertiary/aromatic N) is 4. The SMILES string of the molecule is COCc1ncc(-c2noc([C@@H](C)Oc3ccc(C)cc3Br)n2)c(N)n1. The van der Waals surface area contributed by atoms with E-state index in [0.29, 0.717) is 28.9 Å². The Kier molecular flexibility index (Phi) is 5.48. The molecule has 2 heterocycles. The third kappa shape index (κ3) is 4.00. The summed E-state index contributed by atoms with van der Waals surface area (Å²) in [5, 5.41) is 3.95. The smallest absolute Gasteiger partial charge is 0.267 e. The van der Waals surface area contributed by atoms with Gasteiger partial charge in [-0.2, -0.15) is 4.98 Å². The topological polar surface area (TPSA) is 109 Å². The van der Waals surface area contributed by atoms with Gasteiger partial charge in [-0.05, 0) is 47.5 Å². The number of nitrogens with two attached hydrogens (primary N) is 1. The maximum Gasteiger partial charge on any atom is 0.267 e. The molecule has 0 radical (unpaired) electrons. The highest BCUT2D eigenvalue weighted by Crippen LogP contribution is 2.30. The van der Waals surface area contributed by atoms with Crippen molar-refractivity contribution in [2.75, 3.05) is 12.8 Å². The fourth-order valence-corrected chi connectivity index (χ4v) is 2.84. The van der Waals surface area contributed by atoms with Crippen molar-refractivity contribution in [3.8, 4) is 17.1 Å². The molecule has 0 aliphatic carbocycles. The number of anilines is 1. The molecule has 3 aromatic rings. The van der Waals surface area contributed by atoms with Crippen molar-refractivity contribution in [3.05, 3.63) is 46.1 Å². The second-order valence-corrected chi connectivity index (χ2v) is 6.52. The molecule has 0 unspecified atom stereocenters. The van der Waals surface area contributed by atoms with Crippen LogP contribution in [0.2, 0.25) is 0 Å². The van der Waals surface area contributed by atoms with Crippen molar-refractivity contribution in [2.45, 2.75) is 26.6 Å². The van der Waals surface area contributed by atoms with Crippen LogP contribution in [0.1, 0.15) is 30.3 Å². The van der Waals surface area contributed by atoms with Gasteiger partial charge in [-0.1, -0.05) is 11.2 Å². The maximum absolute atomic E-state index is 5.96. The highest BCUT2D eigenvalue weighted by atomic mass is 79.9. The molecule has 3 rings (SSSR count). The molecule has 1 aromatic carbocycles. The van der Waals surface area contributed by atoms with Crippen molar-refractivity contribution in [1.82, 2.24) is 20.1 Å². The Morgan fingerprint density at radius 1 is 1.31 bits per heavy atom. The molecule has 0 saturated heterocycles. The molecule has 0 fully saturated rings. The number of rotatable bonds is 6. The summed E-state index contributed by atoms with van der Waals surface area (Å²) in [6, 6.07) is 5.82. The molecule has 0 spiro atoms. The number of aryl methyl sites for hydroxylation is 1. The zero-order valence-electron chi connectivity index (χ0n) is 14.6. The van der Waals surface area contributed by atoms with Crippen molar-refractivity contribution < 1.29 is 14.0 Å². The Morgan fingerprint density at radius 2 is 2.12 bits per heavy atom. The number of hydrogen-bond acceptors (Lipinski definition) is 8. The van der Waals surface area contributed by atoms with Crippen molar-refractivity contribution >= 4 is 21.7 Å². The molecular weight excluding hydrogens is 402 g/mol. The number of methoxy groups -OCH3 is 1. The number of hydrogen-bond donors (Lipinski definition) is 1. The third-order valence-corrected chi connectivity index (χ3v) is 4.18. The zero-order chi connectivity index (χ0) is 18.7. The Balaban J connectivity index is 1.78. The number of nitrogen functional groups attached to an aromatic ring is 1. The van der Waals surface area contributed by atoms with Gasteiger partial charge in [0.1, 0.15) is 18.2 Å². The summed E-state index contributed by atoms with van der Waals surface area (Å²) < 4.78 is 17.1. The first-order chi connectivity index (χ1) is 12.5. The molecule has 0 bridgehead atoms. The van der Waals surface area contributed by atoms with E-state index in [-0.39, 0.29) is 12.4 Å². The van der Waals surface area contributed by atoms with Gasteiger partial charge in [-0.3, -0.25) is 0 Å². The van der Waals surface area contributed by atoms with Crippen molar-refractivity contribution in [2.24, 2.45) is 0 Å². The van der Waals surface area contributed by atoms with Gasteiger partial charge >= 0.3 is 0 Å². The largest absolute Gasteiger partial charge is 0.480 e. The van der Waals surface area contributed by atoms with E-state index in [0.717, 1.165) is 10.0 Å². The number of ether oxygens (including phenoxy) is 2. The first-order valence-electron chi connectivity index (χ1n) is 7.85. The highest BCUT2D eigenvalue weighted by Gasteiger charge is 2.20. The molecule has 0 saturated carbocycles. The molecule has 0 amide bonds. The van der Waals surface area contributed by atoms with E-state index in [4.69, 9.17) is 19.7 Å². The minimum absolute atomic E-state index is 0.259. The number of aromatic nitrogens is 4. The minimum atomic E-state index is -0.440. The second-order valence-electron chi connectivity index (χ2n) is 5.67. The van der Waals surface area contributed by atoms with Crippen LogP contribution in [0.5, 0.6) is 5.75 Å². The Hall–Kier alpha value is -2.52. The summed E-state index contributed by atoms with van der Waals surface area (Å²) in [6.07, 6.45) is 1.11. The summed E-state index contributed by atoms with van der Waals surface area (Å²) in [5.41, 5.74) is 7.58. The van der Waals surface area contributed by atoms with E-state index < -0.39 is 6.10 Å². The first-order valence-corrected chi connectivity index (χ1v) is 8.64. The summed E-state index contributed by atoms with van der Waals surface area (Å²) in [7, 11) is 1.56. The van der Waals surface area contributed by atoms with Crippen LogP contribution in [0.25, 0.3) is 11.4 Å². The molecule has 2 aromatic heterocycles. The quantitative estimate of drug-likeness (QED) is 0.646. The van der Waals surface area contributed by atoms with E-state index in [1.54, 1.807) is 13.3 Å². The van der Waals surface area contributed by atoms with Crippen LogP contribution in [0, 0.1) is 6.92 Å². The molecule has 8 nitrogen and oxygen atoms in total. The lowest BCUT2D eigenvalue weighted by molar-refractivity contribution is 0.174. The first kappa shape index (κ1) is 18.3. The van der Waals surface area contributed by atoms with Crippen molar-refractivity contribution in [3.63, 3.8) is 0 Å². The molecular formula is C17H18BrN5O3. The highest BCUT2D eigenvalue weighted by molar-refractivity contribution is 9.10. The van der Waals surface area contributed by atoms with Gasteiger partial charge in [0, 0.05) is 13.3 Å². The lowest BCUT2D eigenvalue weighted by atomic mass is 10.2. The minimum Gasteiger partial charge on any atom is -0.480 e. The lowest BCUT2D eigenvalue weighted by Crippen LogP contribution is -2.05. The third-order valence-electron chi connectivity index (χ3n) is 3.56. The predicted octanol–water partition coefficient (Wildman–Crippen LogP) is 3.47. The Morgan fingerprint density at radius 3 is 2.81 bits per heavy atom.